The fraction of sp³-hybridized carbons (Fsp3) is 1.00. The van der Waals surface area contributed by atoms with Crippen molar-refractivity contribution in [1.29, 1.82) is 0 Å². The second-order valence-electron chi connectivity index (χ2n) is 5.58. The van der Waals surface area contributed by atoms with Gasteiger partial charge in [-0.15, -0.1) is 0 Å². The molecule has 1 aliphatic rings. The van der Waals surface area contributed by atoms with Gasteiger partial charge in [0, 0.05) is 5.54 Å². The molecule has 1 saturated carbocycles. The number of nitrogens with one attached hydrogen (secondary N) is 1. The van der Waals surface area contributed by atoms with Gasteiger partial charge in [-0.2, -0.15) is 13.2 Å². The number of likely N-dealkylation sites (N-methyl/N-ethyl adjacent to an activating group) is 1. The number of hydrogen-bond donors (Lipinski definition) is 2. The van der Waals surface area contributed by atoms with Gasteiger partial charge < -0.3 is 10.4 Å². The van der Waals surface area contributed by atoms with E-state index < -0.39 is 12.7 Å². The van der Waals surface area contributed by atoms with Gasteiger partial charge in [-0.1, -0.05) is 13.3 Å². The van der Waals surface area contributed by atoms with Crippen molar-refractivity contribution in [2.45, 2.75) is 44.3 Å². The van der Waals surface area contributed by atoms with Gasteiger partial charge in [-0.05, 0) is 45.3 Å². The lowest BCUT2D eigenvalue weighted by molar-refractivity contribution is -0.143. The van der Waals surface area contributed by atoms with Crippen LogP contribution in [0.15, 0.2) is 0 Å². The third-order valence-electron chi connectivity index (χ3n) is 4.08. The van der Waals surface area contributed by atoms with Crippen molar-refractivity contribution in [3.63, 3.8) is 0 Å². The molecule has 0 radical (unpaired) electrons. The molecule has 0 heterocycles. The Morgan fingerprint density at radius 2 is 2.11 bits per heavy atom. The normalized spacial score (nSPS) is 28.3. The lowest BCUT2D eigenvalue weighted by atomic mass is 9.85. The van der Waals surface area contributed by atoms with Gasteiger partial charge in [0.15, 0.2) is 0 Å². The molecule has 3 nitrogen and oxygen atoms in total. The van der Waals surface area contributed by atoms with Crippen molar-refractivity contribution in [1.82, 2.24) is 10.2 Å². The second kappa shape index (κ2) is 6.90. The fourth-order valence-corrected chi connectivity index (χ4v) is 3.18. The van der Waals surface area contributed by atoms with Crippen molar-refractivity contribution < 1.29 is 18.3 Å². The van der Waals surface area contributed by atoms with Gasteiger partial charge in [-0.3, -0.25) is 4.90 Å². The number of halogens is 3. The SMILES string of the molecule is CCNC1(CO)CCCC1CCN(C)CC(F)(F)F. The summed E-state index contributed by atoms with van der Waals surface area (Å²) in [5.74, 6) is 0.258. The molecule has 2 unspecified atom stereocenters. The van der Waals surface area contributed by atoms with Gasteiger partial charge in [0.1, 0.15) is 0 Å². The van der Waals surface area contributed by atoms with Crippen LogP contribution in [0.2, 0.25) is 0 Å². The summed E-state index contributed by atoms with van der Waals surface area (Å²) in [4.78, 5) is 1.31. The first-order chi connectivity index (χ1) is 8.83. The molecule has 1 aliphatic carbocycles. The Bertz CT molecular complexity index is 273. The van der Waals surface area contributed by atoms with Crippen molar-refractivity contribution >= 4 is 0 Å². The summed E-state index contributed by atoms with van der Waals surface area (Å²) in [6, 6.07) is 0. The minimum atomic E-state index is -4.14. The van der Waals surface area contributed by atoms with E-state index in [-0.39, 0.29) is 18.1 Å². The fourth-order valence-electron chi connectivity index (χ4n) is 3.18. The van der Waals surface area contributed by atoms with E-state index in [9.17, 15) is 18.3 Å². The summed E-state index contributed by atoms with van der Waals surface area (Å²) >= 11 is 0. The molecule has 6 heteroatoms. The van der Waals surface area contributed by atoms with Crippen LogP contribution in [-0.4, -0.2) is 55.0 Å². The molecule has 0 aromatic rings. The first-order valence-electron chi connectivity index (χ1n) is 6.94. The van der Waals surface area contributed by atoms with Crippen LogP contribution in [0, 0.1) is 5.92 Å². The van der Waals surface area contributed by atoms with E-state index in [1.54, 1.807) is 0 Å². The molecule has 2 atom stereocenters. The maximum atomic E-state index is 12.3. The Hall–Kier alpha value is -0.330. The van der Waals surface area contributed by atoms with Crippen molar-refractivity contribution in [3.8, 4) is 0 Å². The Labute approximate surface area is 113 Å². The molecule has 0 saturated heterocycles. The number of alkyl halides is 3. The van der Waals surface area contributed by atoms with Gasteiger partial charge in [0.2, 0.25) is 0 Å². The van der Waals surface area contributed by atoms with Crippen molar-refractivity contribution in [2.75, 3.05) is 33.3 Å². The van der Waals surface area contributed by atoms with Crippen LogP contribution in [0.5, 0.6) is 0 Å². The zero-order chi connectivity index (χ0) is 14.5. The smallest absolute Gasteiger partial charge is 0.394 e. The van der Waals surface area contributed by atoms with Gasteiger partial charge in [0.25, 0.3) is 0 Å². The minimum Gasteiger partial charge on any atom is -0.394 e. The summed E-state index contributed by atoms with van der Waals surface area (Å²) in [6.45, 7) is 2.37. The number of rotatable bonds is 7. The Balaban J connectivity index is 2.47. The van der Waals surface area contributed by atoms with Crippen LogP contribution in [0.4, 0.5) is 13.2 Å². The molecule has 1 rings (SSSR count). The molecule has 0 amide bonds. The molecule has 19 heavy (non-hydrogen) atoms. The largest absolute Gasteiger partial charge is 0.401 e. The average Bonchev–Trinajstić information content (AvgIpc) is 2.68. The van der Waals surface area contributed by atoms with Crippen LogP contribution in [0.3, 0.4) is 0 Å². The standard InChI is InChI=1S/C13H25F3N2O/c1-3-17-12(10-19)7-4-5-11(12)6-8-18(2)9-13(14,15)16/h11,17,19H,3-10H2,1-2H3. The highest BCUT2D eigenvalue weighted by Crippen LogP contribution is 2.37. The van der Waals surface area contributed by atoms with E-state index >= 15 is 0 Å². The summed E-state index contributed by atoms with van der Waals surface area (Å²) in [7, 11) is 1.50. The monoisotopic (exact) mass is 282 g/mol. The molecule has 2 N–H and O–H groups in total. The molecule has 0 aromatic carbocycles. The summed E-state index contributed by atoms with van der Waals surface area (Å²) in [5.41, 5.74) is -0.284. The molecule has 0 aliphatic heterocycles. The predicted octanol–water partition coefficient (Wildman–Crippen LogP) is 2.01. The highest BCUT2D eigenvalue weighted by Gasteiger charge is 2.41. The zero-order valence-electron chi connectivity index (χ0n) is 11.8. The number of hydrogen-bond acceptors (Lipinski definition) is 3. The molecular weight excluding hydrogens is 257 g/mol. The van der Waals surface area contributed by atoms with E-state index in [4.69, 9.17) is 0 Å². The highest BCUT2D eigenvalue weighted by atomic mass is 19.4. The first kappa shape index (κ1) is 16.7. The molecule has 114 valence electrons. The molecule has 0 bridgehead atoms. The lowest BCUT2D eigenvalue weighted by Crippen LogP contribution is -2.52. The topological polar surface area (TPSA) is 35.5 Å². The molecular formula is C13H25F3N2O. The zero-order valence-corrected chi connectivity index (χ0v) is 11.8. The van der Waals surface area contributed by atoms with Crippen LogP contribution in [-0.2, 0) is 0 Å². The quantitative estimate of drug-likeness (QED) is 0.750. The number of aliphatic hydroxyl groups excluding tert-OH is 1. The Kier molecular flexibility index (Phi) is 6.08. The predicted molar refractivity (Wildman–Crippen MR) is 69.0 cm³/mol. The van der Waals surface area contributed by atoms with Gasteiger partial charge >= 0.3 is 6.18 Å². The summed E-state index contributed by atoms with van der Waals surface area (Å²) in [5, 5.41) is 13.0. The number of nitrogens with zero attached hydrogens (tertiary/aromatic N) is 1. The van der Waals surface area contributed by atoms with Crippen LogP contribution in [0.1, 0.15) is 32.6 Å². The molecule has 0 aromatic heterocycles. The van der Waals surface area contributed by atoms with Gasteiger partial charge in [0.05, 0.1) is 13.2 Å². The summed E-state index contributed by atoms with van der Waals surface area (Å²) < 4.78 is 36.8. The maximum Gasteiger partial charge on any atom is 0.401 e. The molecule has 0 spiro atoms. The second-order valence-corrected chi connectivity index (χ2v) is 5.58. The maximum absolute atomic E-state index is 12.3. The van der Waals surface area contributed by atoms with Crippen LogP contribution >= 0.6 is 0 Å². The lowest BCUT2D eigenvalue weighted by Gasteiger charge is -2.35. The Morgan fingerprint density at radius 1 is 1.42 bits per heavy atom. The first-order valence-corrected chi connectivity index (χ1v) is 6.94. The van der Waals surface area contributed by atoms with Crippen molar-refractivity contribution in [2.24, 2.45) is 5.92 Å². The van der Waals surface area contributed by atoms with E-state index in [0.717, 1.165) is 25.8 Å². The minimum absolute atomic E-state index is 0.0640. The average molecular weight is 282 g/mol. The third-order valence-corrected chi connectivity index (χ3v) is 4.08. The van der Waals surface area contributed by atoms with E-state index in [1.165, 1.54) is 11.9 Å². The van der Waals surface area contributed by atoms with E-state index in [2.05, 4.69) is 5.32 Å². The van der Waals surface area contributed by atoms with E-state index in [0.29, 0.717) is 13.0 Å². The van der Waals surface area contributed by atoms with E-state index in [1.807, 2.05) is 6.92 Å². The Morgan fingerprint density at radius 3 is 2.63 bits per heavy atom. The van der Waals surface area contributed by atoms with Gasteiger partial charge in [-0.25, -0.2) is 0 Å². The highest BCUT2D eigenvalue weighted by molar-refractivity contribution is 4.98. The molecule has 1 fully saturated rings. The third kappa shape index (κ3) is 4.93. The van der Waals surface area contributed by atoms with Crippen LogP contribution < -0.4 is 5.32 Å². The summed E-state index contributed by atoms with van der Waals surface area (Å²) in [6.07, 6.45) is -0.528. The van der Waals surface area contributed by atoms with Crippen LogP contribution in [0.25, 0.3) is 0 Å². The van der Waals surface area contributed by atoms with Crippen molar-refractivity contribution in [3.05, 3.63) is 0 Å². The number of aliphatic hydroxyl groups is 1.